The molecule has 6 aromatic carbocycles. The molecular weight excluding hydrogens is 962 g/mol. The zero-order chi connectivity index (χ0) is 51.3. The number of aromatic hydroxyl groups is 1. The van der Waals surface area contributed by atoms with Gasteiger partial charge in [-0.1, -0.05) is 185 Å². The Bertz CT molecular complexity index is 3380. The Morgan fingerprint density at radius 3 is 1.86 bits per heavy atom. The predicted octanol–water partition coefficient (Wildman–Crippen LogP) is 15.8. The molecule has 2 heterocycles. The molecule has 0 unspecified atom stereocenters. The predicted molar refractivity (Wildman–Crippen MR) is 266 cm³/mol. The minimum Gasteiger partial charge on any atom is -0.507 e. The first-order chi connectivity index (χ1) is 32.5. The van der Waals surface area contributed by atoms with Crippen molar-refractivity contribution in [3.63, 3.8) is 0 Å². The molecule has 0 amide bonds. The minimum atomic E-state index is -0.718. The zero-order valence-corrected chi connectivity index (χ0v) is 41.5. The summed E-state index contributed by atoms with van der Waals surface area (Å²) in [5, 5.41) is 12.5. The molecule has 0 aliphatic rings. The van der Waals surface area contributed by atoms with Crippen LogP contribution in [-0.4, -0.2) is 19.6 Å². The molecule has 64 heavy (non-hydrogen) atoms. The average molecular weight is 1030 g/mol. The number of pyridine rings is 1. The summed E-state index contributed by atoms with van der Waals surface area (Å²) in [7, 11) is 0. The molecular formula is C59H62N3OPt-. The molecule has 0 spiro atoms. The van der Waals surface area contributed by atoms with Crippen molar-refractivity contribution >= 4 is 11.0 Å². The first kappa shape index (κ1) is 37.8. The van der Waals surface area contributed by atoms with Gasteiger partial charge in [0.05, 0.1) is 31.9 Å². The number of nitrogens with zero attached hydrogens (tertiary/aromatic N) is 3. The average Bonchev–Trinajstić information content (AvgIpc) is 3.66. The second-order valence-corrected chi connectivity index (χ2v) is 20.9. The van der Waals surface area contributed by atoms with Gasteiger partial charge >= 0.3 is 0 Å². The van der Waals surface area contributed by atoms with Crippen LogP contribution in [0.25, 0.3) is 72.7 Å². The molecule has 0 atom stereocenters. The number of phenolic OH excluding ortho intramolecular Hbond substituents is 1. The first-order valence-corrected chi connectivity index (χ1v) is 21.7. The third-order valence-corrected chi connectivity index (χ3v) is 11.7. The molecule has 8 rings (SSSR count). The van der Waals surface area contributed by atoms with Crippen molar-refractivity contribution in [2.45, 2.75) is 112 Å². The number of para-hydroxylation sites is 1. The Morgan fingerprint density at radius 1 is 0.578 bits per heavy atom. The van der Waals surface area contributed by atoms with Gasteiger partial charge in [0.15, 0.2) is 0 Å². The maximum absolute atomic E-state index is 12.5. The van der Waals surface area contributed by atoms with E-state index < -0.39 is 28.5 Å². The van der Waals surface area contributed by atoms with Crippen molar-refractivity contribution < 1.29 is 35.8 Å². The third kappa shape index (κ3) is 9.18. The second-order valence-electron chi connectivity index (χ2n) is 20.9. The summed E-state index contributed by atoms with van der Waals surface area (Å²) in [6.45, 7) is 26.6. The Hall–Kier alpha value is -5.57. The number of aryl methyl sites for hydroxylation is 1. The van der Waals surface area contributed by atoms with Crippen molar-refractivity contribution in [2.75, 3.05) is 0 Å². The van der Waals surface area contributed by atoms with Crippen LogP contribution in [0.4, 0.5) is 0 Å². The molecule has 0 saturated carbocycles. The molecule has 4 nitrogen and oxygen atoms in total. The smallest absolute Gasteiger partial charge is 0.148 e. The van der Waals surface area contributed by atoms with E-state index in [4.69, 9.17) is 13.2 Å². The van der Waals surface area contributed by atoms with E-state index in [-0.39, 0.29) is 84.8 Å². The number of imidazole rings is 1. The van der Waals surface area contributed by atoms with E-state index in [1.165, 1.54) is 0 Å². The summed E-state index contributed by atoms with van der Waals surface area (Å²) in [6.07, 6.45) is -0.474. The van der Waals surface area contributed by atoms with Crippen molar-refractivity contribution in [1.29, 1.82) is 0 Å². The van der Waals surface area contributed by atoms with Gasteiger partial charge < -0.3 is 5.11 Å². The molecule has 0 saturated heterocycles. The van der Waals surface area contributed by atoms with Crippen molar-refractivity contribution in [3.05, 3.63) is 167 Å². The second kappa shape index (κ2) is 17.1. The summed E-state index contributed by atoms with van der Waals surface area (Å²) in [6, 6.07) is 32.2. The van der Waals surface area contributed by atoms with Gasteiger partial charge in [0.1, 0.15) is 11.6 Å². The van der Waals surface area contributed by atoms with E-state index >= 15 is 0 Å². The van der Waals surface area contributed by atoms with Gasteiger partial charge in [0, 0.05) is 44.1 Å². The van der Waals surface area contributed by atoms with Crippen LogP contribution in [0.1, 0.15) is 120 Å². The monoisotopic (exact) mass is 1030 g/mol. The fraction of sp³-hybridized carbons (Fsp3) is 0.288. The fourth-order valence-corrected chi connectivity index (χ4v) is 7.90. The fourth-order valence-electron chi connectivity index (χ4n) is 7.90. The van der Waals surface area contributed by atoms with E-state index in [0.717, 1.165) is 44.6 Å². The van der Waals surface area contributed by atoms with Crippen LogP contribution >= 0.6 is 0 Å². The zero-order valence-electron chi connectivity index (χ0n) is 46.3. The number of hydrogen-bond donors (Lipinski definition) is 1. The molecule has 0 radical (unpaired) electrons. The van der Waals surface area contributed by atoms with Gasteiger partial charge in [0.2, 0.25) is 0 Å². The molecule has 2 aromatic heterocycles. The van der Waals surface area contributed by atoms with Crippen LogP contribution < -0.4 is 0 Å². The SMILES string of the molecule is [2H]c1nc(-c2[c-]c(-c3cccc4c3nc(-c3cc(C(C)(C)C)cc(C(C)(C)C)c3O)n4-c3ccc(C)cc3-c3ccccc3)cc(C(C)(C)C)c2)c([2H])c(-c2c([2H])c([2H])c(C(C)(C)C)c([2H])c2[2H])c1[2H].[Pt]. The number of fused-ring (bicyclic) bond motifs is 1. The summed E-state index contributed by atoms with van der Waals surface area (Å²) in [5.74, 6) is 0.700. The van der Waals surface area contributed by atoms with Gasteiger partial charge in [-0.3, -0.25) is 9.55 Å². The molecule has 1 N–H and O–H groups in total. The summed E-state index contributed by atoms with van der Waals surface area (Å²) >= 11 is 0. The maximum Gasteiger partial charge on any atom is 0.148 e. The Labute approximate surface area is 406 Å². The van der Waals surface area contributed by atoms with Crippen molar-refractivity contribution in [3.8, 4) is 67.5 Å². The van der Waals surface area contributed by atoms with Gasteiger partial charge in [-0.05, 0) is 86.7 Å². The van der Waals surface area contributed by atoms with Crippen LogP contribution in [0.3, 0.4) is 0 Å². The van der Waals surface area contributed by atoms with Gasteiger partial charge in [-0.25, -0.2) is 4.98 Å². The number of hydrogen-bond acceptors (Lipinski definition) is 3. The Balaban J connectivity index is 0.00000741. The number of aromatic nitrogens is 3. The first-order valence-electron chi connectivity index (χ1n) is 25.2. The molecule has 330 valence electrons. The topological polar surface area (TPSA) is 50.9 Å². The van der Waals surface area contributed by atoms with E-state index in [9.17, 15) is 6.48 Å². The Kier molecular flexibility index (Phi) is 10.1. The van der Waals surface area contributed by atoms with Crippen LogP contribution in [0.15, 0.2) is 133 Å². The summed E-state index contributed by atoms with van der Waals surface area (Å²) < 4.78 is 65.9. The van der Waals surface area contributed by atoms with Crippen LogP contribution in [0.2, 0.25) is 0 Å². The molecule has 0 aliphatic heterocycles. The molecule has 8 aromatic rings. The summed E-state index contributed by atoms with van der Waals surface area (Å²) in [4.78, 5) is 10.1. The number of phenols is 1. The van der Waals surface area contributed by atoms with Gasteiger partial charge in [0.25, 0.3) is 0 Å². The standard InChI is InChI=1S/C59H62N3O.Pt/c1-37-22-27-51(47(30-37)39-18-15-14-16-19-39)62-52-21-17-20-46(53(52)61-55(62)48-35-45(58(8,9)10)36-49(54(48)63)59(11,12)13)41-31-42(33-44(32-41)57(5,6)7)50-34-40(28-29-60-50)38-23-25-43(26-24-38)56(2,3)4;/h14-30,32-36,63H,1-13H3;/q-1;/i23D,24D,25D,26D,28D,29D,34D;. The van der Waals surface area contributed by atoms with Crippen LogP contribution in [0.5, 0.6) is 5.75 Å². The number of benzene rings is 6. The Morgan fingerprint density at radius 2 is 1.22 bits per heavy atom. The van der Waals surface area contributed by atoms with Gasteiger partial charge in [-0.2, -0.15) is 0 Å². The molecule has 0 bridgehead atoms. The van der Waals surface area contributed by atoms with E-state index in [2.05, 4.69) is 127 Å². The van der Waals surface area contributed by atoms with Crippen LogP contribution in [0, 0.1) is 13.0 Å². The van der Waals surface area contributed by atoms with Gasteiger partial charge in [-0.15, -0.1) is 29.3 Å². The van der Waals surface area contributed by atoms with Crippen molar-refractivity contribution in [2.24, 2.45) is 0 Å². The quantitative estimate of drug-likeness (QED) is 0.169. The minimum absolute atomic E-state index is 0. The third-order valence-electron chi connectivity index (χ3n) is 11.7. The largest absolute Gasteiger partial charge is 0.507 e. The molecule has 0 aliphatic carbocycles. The maximum atomic E-state index is 12.5. The summed E-state index contributed by atoms with van der Waals surface area (Å²) in [5.41, 5.74) is 8.38. The molecule has 0 fully saturated rings. The molecule has 5 heteroatoms. The van der Waals surface area contributed by atoms with Crippen LogP contribution in [-0.2, 0) is 42.7 Å². The van der Waals surface area contributed by atoms with Crippen molar-refractivity contribution in [1.82, 2.24) is 14.5 Å². The normalized spacial score (nSPS) is 13.9. The van der Waals surface area contributed by atoms with E-state index in [1.54, 1.807) is 0 Å². The number of rotatable bonds is 6. The van der Waals surface area contributed by atoms with E-state index in [1.807, 2.05) is 69.3 Å². The van der Waals surface area contributed by atoms with E-state index in [0.29, 0.717) is 33.6 Å².